The zero-order valence-electron chi connectivity index (χ0n) is 15.5. The number of methoxy groups -OCH3 is 3. The summed E-state index contributed by atoms with van der Waals surface area (Å²) in [5.74, 6) is 0.542. The second-order valence-electron chi connectivity index (χ2n) is 5.62. The summed E-state index contributed by atoms with van der Waals surface area (Å²) in [6.07, 6.45) is 0. The molecule has 27 heavy (non-hydrogen) atoms. The molecule has 0 saturated heterocycles. The molecule has 0 aliphatic rings. The van der Waals surface area contributed by atoms with Gasteiger partial charge in [0.05, 0.1) is 43.6 Å². The summed E-state index contributed by atoms with van der Waals surface area (Å²) in [5.41, 5.74) is 1.77. The normalized spacial score (nSPS) is 10.1. The molecule has 0 saturated carbocycles. The number of carbonyl (C=O) groups excluding carboxylic acids is 2. The highest BCUT2D eigenvalue weighted by atomic mass is 79.9. The highest BCUT2D eigenvalue weighted by Gasteiger charge is 2.18. The molecule has 2 rings (SSSR count). The summed E-state index contributed by atoms with van der Waals surface area (Å²) in [4.78, 5) is 24.7. The first-order valence-electron chi connectivity index (χ1n) is 8.03. The topological polar surface area (TPSA) is 85.9 Å². The Kier molecular flexibility index (Phi) is 7.06. The van der Waals surface area contributed by atoms with E-state index < -0.39 is 5.91 Å². The maximum absolute atomic E-state index is 12.5. The second kappa shape index (κ2) is 9.27. The van der Waals surface area contributed by atoms with Crippen molar-refractivity contribution in [2.45, 2.75) is 6.92 Å². The molecule has 144 valence electrons. The van der Waals surface area contributed by atoms with Gasteiger partial charge in [-0.05, 0) is 52.7 Å². The Bertz CT molecular complexity index is 854. The molecule has 0 aliphatic carbocycles. The van der Waals surface area contributed by atoms with Crippen molar-refractivity contribution >= 4 is 33.4 Å². The standard InChI is InChI=1S/C19H21BrN2O5/c1-11-5-6-16(26-3)15(7-11)22-17(23)10-21-19(24)13-8-12(25-2)9-14(20)18(13)27-4/h5-9H,10H2,1-4H3,(H,21,24)(H,22,23). The Morgan fingerprint density at radius 3 is 2.41 bits per heavy atom. The van der Waals surface area contributed by atoms with E-state index in [2.05, 4.69) is 26.6 Å². The third-order valence-corrected chi connectivity index (χ3v) is 4.33. The van der Waals surface area contributed by atoms with Crippen LogP contribution in [0.4, 0.5) is 5.69 Å². The number of hydrogen-bond acceptors (Lipinski definition) is 5. The summed E-state index contributed by atoms with van der Waals surface area (Å²) in [6, 6.07) is 8.67. The van der Waals surface area contributed by atoms with Crippen molar-refractivity contribution < 1.29 is 23.8 Å². The lowest BCUT2D eigenvalue weighted by Gasteiger charge is -2.14. The van der Waals surface area contributed by atoms with Crippen molar-refractivity contribution in [3.8, 4) is 17.2 Å². The van der Waals surface area contributed by atoms with E-state index in [1.54, 1.807) is 24.3 Å². The van der Waals surface area contributed by atoms with E-state index in [1.807, 2.05) is 13.0 Å². The third-order valence-electron chi connectivity index (χ3n) is 3.74. The van der Waals surface area contributed by atoms with Gasteiger partial charge in [-0.15, -0.1) is 0 Å². The number of ether oxygens (including phenoxy) is 3. The van der Waals surface area contributed by atoms with Gasteiger partial charge in [-0.25, -0.2) is 0 Å². The van der Waals surface area contributed by atoms with Gasteiger partial charge in [0.15, 0.2) is 0 Å². The smallest absolute Gasteiger partial charge is 0.255 e. The minimum Gasteiger partial charge on any atom is -0.497 e. The number of aryl methyl sites for hydroxylation is 1. The van der Waals surface area contributed by atoms with Crippen LogP contribution in [0.2, 0.25) is 0 Å². The van der Waals surface area contributed by atoms with E-state index in [9.17, 15) is 9.59 Å². The van der Waals surface area contributed by atoms with Gasteiger partial charge in [-0.3, -0.25) is 9.59 Å². The predicted molar refractivity (Wildman–Crippen MR) is 106 cm³/mol. The molecule has 0 radical (unpaired) electrons. The Morgan fingerprint density at radius 1 is 1.04 bits per heavy atom. The molecule has 2 N–H and O–H groups in total. The van der Waals surface area contributed by atoms with Crippen LogP contribution < -0.4 is 24.8 Å². The van der Waals surface area contributed by atoms with Crippen molar-refractivity contribution in [3.63, 3.8) is 0 Å². The second-order valence-corrected chi connectivity index (χ2v) is 6.48. The van der Waals surface area contributed by atoms with Gasteiger partial charge in [0.25, 0.3) is 5.91 Å². The van der Waals surface area contributed by atoms with Crippen LogP contribution in [0.5, 0.6) is 17.2 Å². The number of amides is 2. The molecule has 0 spiro atoms. The number of nitrogens with one attached hydrogen (secondary N) is 2. The van der Waals surface area contributed by atoms with Crippen LogP contribution in [-0.2, 0) is 4.79 Å². The summed E-state index contributed by atoms with van der Waals surface area (Å²) >= 11 is 3.34. The molecule has 8 heteroatoms. The van der Waals surface area contributed by atoms with E-state index in [0.29, 0.717) is 27.4 Å². The molecule has 0 atom stereocenters. The zero-order valence-corrected chi connectivity index (χ0v) is 17.1. The predicted octanol–water partition coefficient (Wildman–Crippen LogP) is 3.15. The molecular weight excluding hydrogens is 416 g/mol. The van der Waals surface area contributed by atoms with Crippen LogP contribution in [0.15, 0.2) is 34.8 Å². The Morgan fingerprint density at radius 2 is 1.78 bits per heavy atom. The van der Waals surface area contributed by atoms with Crippen molar-refractivity contribution in [1.29, 1.82) is 0 Å². The summed E-state index contributed by atoms with van der Waals surface area (Å²) in [7, 11) is 4.48. The SMILES string of the molecule is COc1cc(Br)c(OC)c(C(=O)NCC(=O)Nc2cc(C)ccc2OC)c1. The fraction of sp³-hybridized carbons (Fsp3) is 0.263. The maximum Gasteiger partial charge on any atom is 0.255 e. The summed E-state index contributed by atoms with van der Waals surface area (Å²) in [6.45, 7) is 1.69. The highest BCUT2D eigenvalue weighted by Crippen LogP contribution is 2.33. The number of anilines is 1. The lowest BCUT2D eigenvalue weighted by atomic mass is 10.1. The Balaban J connectivity index is 2.09. The minimum absolute atomic E-state index is 0.214. The van der Waals surface area contributed by atoms with Gasteiger partial charge < -0.3 is 24.8 Å². The maximum atomic E-state index is 12.5. The number of hydrogen-bond donors (Lipinski definition) is 2. The van der Waals surface area contributed by atoms with Crippen molar-refractivity contribution in [3.05, 3.63) is 45.9 Å². The van der Waals surface area contributed by atoms with E-state index >= 15 is 0 Å². The molecule has 0 aromatic heterocycles. The molecule has 2 amide bonds. The lowest BCUT2D eigenvalue weighted by Crippen LogP contribution is -2.33. The van der Waals surface area contributed by atoms with Gasteiger partial charge in [-0.2, -0.15) is 0 Å². The van der Waals surface area contributed by atoms with Crippen LogP contribution in [0.25, 0.3) is 0 Å². The molecule has 0 unspecified atom stereocenters. The van der Waals surface area contributed by atoms with E-state index in [1.165, 1.54) is 21.3 Å². The number of halogens is 1. The minimum atomic E-state index is -0.460. The monoisotopic (exact) mass is 436 g/mol. The van der Waals surface area contributed by atoms with Crippen molar-refractivity contribution in [2.24, 2.45) is 0 Å². The van der Waals surface area contributed by atoms with Gasteiger partial charge in [0.2, 0.25) is 5.91 Å². The average Bonchev–Trinajstić information content (AvgIpc) is 2.65. The zero-order chi connectivity index (χ0) is 20.0. The lowest BCUT2D eigenvalue weighted by molar-refractivity contribution is -0.115. The molecule has 7 nitrogen and oxygen atoms in total. The van der Waals surface area contributed by atoms with Crippen LogP contribution in [0, 0.1) is 6.92 Å². The molecule has 2 aromatic carbocycles. The van der Waals surface area contributed by atoms with Crippen LogP contribution >= 0.6 is 15.9 Å². The van der Waals surface area contributed by atoms with Gasteiger partial charge in [0.1, 0.15) is 17.2 Å². The van der Waals surface area contributed by atoms with Gasteiger partial charge in [0, 0.05) is 0 Å². The number of carbonyl (C=O) groups is 2. The molecular formula is C19H21BrN2O5. The van der Waals surface area contributed by atoms with Crippen molar-refractivity contribution in [2.75, 3.05) is 33.2 Å². The Labute approximate surface area is 166 Å². The number of rotatable bonds is 7. The van der Waals surface area contributed by atoms with Gasteiger partial charge in [-0.1, -0.05) is 6.07 Å². The highest BCUT2D eigenvalue weighted by molar-refractivity contribution is 9.10. The summed E-state index contributed by atoms with van der Waals surface area (Å²) in [5, 5.41) is 5.30. The third kappa shape index (κ3) is 5.13. The fourth-order valence-electron chi connectivity index (χ4n) is 2.43. The first-order chi connectivity index (χ1) is 12.9. The van der Waals surface area contributed by atoms with Crippen molar-refractivity contribution in [1.82, 2.24) is 5.32 Å². The van der Waals surface area contributed by atoms with Gasteiger partial charge >= 0.3 is 0 Å². The van der Waals surface area contributed by atoms with Crippen LogP contribution in [0.1, 0.15) is 15.9 Å². The van der Waals surface area contributed by atoms with Crippen LogP contribution in [-0.4, -0.2) is 39.7 Å². The molecule has 2 aromatic rings. The average molecular weight is 437 g/mol. The molecule has 0 fully saturated rings. The molecule has 0 heterocycles. The largest absolute Gasteiger partial charge is 0.497 e. The van der Waals surface area contributed by atoms with E-state index in [-0.39, 0.29) is 18.0 Å². The fourth-order valence-corrected chi connectivity index (χ4v) is 3.03. The van der Waals surface area contributed by atoms with E-state index in [4.69, 9.17) is 14.2 Å². The molecule has 0 aliphatic heterocycles. The van der Waals surface area contributed by atoms with Crippen LogP contribution in [0.3, 0.4) is 0 Å². The number of benzene rings is 2. The van der Waals surface area contributed by atoms with E-state index in [0.717, 1.165) is 5.56 Å². The summed E-state index contributed by atoms with van der Waals surface area (Å²) < 4.78 is 16.2. The Hall–Kier alpha value is -2.74. The molecule has 0 bridgehead atoms. The first kappa shape index (κ1) is 20.6. The first-order valence-corrected chi connectivity index (χ1v) is 8.83. The quantitative estimate of drug-likeness (QED) is 0.695.